The molecule has 3 rings (SSSR count). The van der Waals surface area contributed by atoms with Crippen LogP contribution in [0.2, 0.25) is 0 Å². The molecule has 0 amide bonds. The van der Waals surface area contributed by atoms with Crippen molar-refractivity contribution in [2.45, 2.75) is 18.4 Å². The Morgan fingerprint density at radius 1 is 1.10 bits per heavy atom. The van der Waals surface area contributed by atoms with Crippen molar-refractivity contribution in [2.24, 2.45) is 0 Å². The molecule has 1 heterocycles. The summed E-state index contributed by atoms with van der Waals surface area (Å²) in [5.74, 6) is 0.140. The highest BCUT2D eigenvalue weighted by Gasteiger charge is 2.09. The van der Waals surface area contributed by atoms with Gasteiger partial charge in [0.15, 0.2) is 5.78 Å². The van der Waals surface area contributed by atoms with Crippen LogP contribution in [0.5, 0.6) is 0 Å². The number of aromatic nitrogens is 1. The minimum atomic E-state index is 0.140. The number of Topliss-reactive ketones (excluding diaryl/α,β-unsaturated/α-hetero) is 1. The molecule has 0 saturated carbocycles. The average Bonchev–Trinajstić information content (AvgIpc) is 2.92. The van der Waals surface area contributed by atoms with Crippen LogP contribution in [-0.4, -0.2) is 16.6 Å². The molecule has 0 spiro atoms. The van der Waals surface area contributed by atoms with E-state index < -0.39 is 0 Å². The zero-order valence-corrected chi connectivity index (χ0v) is 13.0. The lowest BCUT2D eigenvalue weighted by atomic mass is 10.1. The lowest BCUT2D eigenvalue weighted by Gasteiger charge is -2.06. The number of carbonyl (C=O) groups is 1. The molecule has 0 aliphatic carbocycles. The van der Waals surface area contributed by atoms with Crippen LogP contribution < -0.4 is 0 Å². The van der Waals surface area contributed by atoms with Crippen LogP contribution in [0, 0.1) is 6.92 Å². The number of fused-ring (bicyclic) bond motifs is 1. The van der Waals surface area contributed by atoms with Crippen molar-refractivity contribution in [2.75, 3.05) is 6.26 Å². The van der Waals surface area contributed by atoms with E-state index in [1.165, 1.54) is 15.8 Å². The molecule has 0 aliphatic rings. The maximum absolute atomic E-state index is 12.4. The summed E-state index contributed by atoms with van der Waals surface area (Å²) in [4.78, 5) is 13.6. The quantitative estimate of drug-likeness (QED) is 0.520. The molecule has 0 aliphatic heterocycles. The third-order valence-electron chi connectivity index (χ3n) is 3.76. The minimum Gasteiger partial charge on any atom is -0.340 e. The molecule has 0 unspecified atom stereocenters. The second kappa shape index (κ2) is 5.78. The summed E-state index contributed by atoms with van der Waals surface area (Å²) in [5.41, 5.74) is 3.12. The number of benzene rings is 2. The first-order valence-electron chi connectivity index (χ1n) is 6.91. The van der Waals surface area contributed by atoms with Gasteiger partial charge in [0.2, 0.25) is 0 Å². The highest BCUT2D eigenvalue weighted by molar-refractivity contribution is 7.98. The van der Waals surface area contributed by atoms with Crippen LogP contribution in [0.25, 0.3) is 10.9 Å². The van der Waals surface area contributed by atoms with Gasteiger partial charge in [0.25, 0.3) is 0 Å². The molecule has 2 aromatic carbocycles. The van der Waals surface area contributed by atoms with Gasteiger partial charge < -0.3 is 4.57 Å². The Labute approximate surface area is 128 Å². The van der Waals surface area contributed by atoms with Crippen LogP contribution >= 0.6 is 11.8 Å². The van der Waals surface area contributed by atoms with Gasteiger partial charge in [-0.1, -0.05) is 24.3 Å². The zero-order valence-electron chi connectivity index (χ0n) is 12.2. The van der Waals surface area contributed by atoms with Gasteiger partial charge in [0.1, 0.15) is 0 Å². The Bertz CT molecular complexity index is 787. The Balaban J connectivity index is 1.87. The van der Waals surface area contributed by atoms with Crippen LogP contribution in [0.1, 0.15) is 15.9 Å². The first kappa shape index (κ1) is 14.0. The van der Waals surface area contributed by atoms with Crippen molar-refractivity contribution in [1.29, 1.82) is 0 Å². The van der Waals surface area contributed by atoms with E-state index in [0.29, 0.717) is 6.54 Å². The Kier molecular flexibility index (Phi) is 3.84. The third kappa shape index (κ3) is 2.74. The summed E-state index contributed by atoms with van der Waals surface area (Å²) in [6.45, 7) is 2.47. The van der Waals surface area contributed by atoms with Crippen molar-refractivity contribution in [3.8, 4) is 0 Å². The lowest BCUT2D eigenvalue weighted by molar-refractivity contribution is 0.0973. The van der Waals surface area contributed by atoms with Gasteiger partial charge in [-0.05, 0) is 43.0 Å². The number of nitrogens with zero attached hydrogens (tertiary/aromatic N) is 1. The largest absolute Gasteiger partial charge is 0.340 e. The summed E-state index contributed by atoms with van der Waals surface area (Å²) < 4.78 is 2.02. The SMILES string of the molecule is CSc1ccc(C(=O)Cn2ccc3c(C)cccc32)cc1. The molecule has 0 bridgehead atoms. The molecule has 0 saturated heterocycles. The molecule has 3 aromatic rings. The summed E-state index contributed by atoms with van der Waals surface area (Å²) in [6.07, 6.45) is 4.02. The summed E-state index contributed by atoms with van der Waals surface area (Å²) >= 11 is 1.68. The Morgan fingerprint density at radius 2 is 1.86 bits per heavy atom. The van der Waals surface area contributed by atoms with Crippen molar-refractivity contribution in [3.63, 3.8) is 0 Å². The number of carbonyl (C=O) groups excluding carboxylic acids is 1. The van der Waals surface area contributed by atoms with E-state index in [4.69, 9.17) is 0 Å². The van der Waals surface area contributed by atoms with Crippen LogP contribution in [-0.2, 0) is 6.54 Å². The van der Waals surface area contributed by atoms with Crippen LogP contribution in [0.4, 0.5) is 0 Å². The van der Waals surface area contributed by atoms with Crippen molar-refractivity contribution < 1.29 is 4.79 Å². The van der Waals surface area contributed by atoms with Crippen molar-refractivity contribution in [3.05, 3.63) is 65.9 Å². The molecule has 1 aromatic heterocycles. The molecule has 0 N–H and O–H groups in total. The summed E-state index contributed by atoms with van der Waals surface area (Å²) in [5, 5.41) is 1.21. The molecule has 0 atom stereocenters. The molecule has 0 fully saturated rings. The maximum atomic E-state index is 12.4. The average molecular weight is 295 g/mol. The molecular weight excluding hydrogens is 278 g/mol. The number of ketones is 1. The summed E-state index contributed by atoms with van der Waals surface area (Å²) in [6, 6.07) is 16.1. The first-order chi connectivity index (χ1) is 10.2. The standard InChI is InChI=1S/C18H17NOS/c1-13-4-3-5-17-16(13)10-11-19(17)12-18(20)14-6-8-15(21-2)9-7-14/h3-11H,12H2,1-2H3. The smallest absolute Gasteiger partial charge is 0.182 e. The molecular formula is C18H17NOS. The lowest BCUT2D eigenvalue weighted by Crippen LogP contribution is -2.09. The van der Waals surface area contributed by atoms with Crippen LogP contribution in [0.15, 0.2) is 59.6 Å². The van der Waals surface area contributed by atoms with E-state index >= 15 is 0 Å². The predicted octanol–water partition coefficient (Wildman–Crippen LogP) is 4.55. The highest BCUT2D eigenvalue weighted by atomic mass is 32.2. The maximum Gasteiger partial charge on any atom is 0.182 e. The van der Waals surface area contributed by atoms with E-state index in [2.05, 4.69) is 25.1 Å². The second-order valence-corrected chi connectivity index (χ2v) is 5.98. The van der Waals surface area contributed by atoms with Crippen LogP contribution in [0.3, 0.4) is 0 Å². The van der Waals surface area contributed by atoms with E-state index in [1.807, 2.05) is 47.4 Å². The fourth-order valence-corrected chi connectivity index (χ4v) is 2.95. The van der Waals surface area contributed by atoms with E-state index in [9.17, 15) is 4.79 Å². The fourth-order valence-electron chi connectivity index (χ4n) is 2.54. The number of rotatable bonds is 4. The number of aryl methyl sites for hydroxylation is 1. The van der Waals surface area contributed by atoms with Gasteiger partial charge in [-0.3, -0.25) is 4.79 Å². The second-order valence-electron chi connectivity index (χ2n) is 5.10. The third-order valence-corrected chi connectivity index (χ3v) is 4.50. The van der Waals surface area contributed by atoms with Gasteiger partial charge in [-0.2, -0.15) is 0 Å². The zero-order chi connectivity index (χ0) is 14.8. The molecule has 3 heteroatoms. The van der Waals surface area contributed by atoms with Crippen molar-refractivity contribution >= 4 is 28.4 Å². The Hall–Kier alpha value is -2.00. The van der Waals surface area contributed by atoms with Gasteiger partial charge in [-0.25, -0.2) is 0 Å². The number of hydrogen-bond donors (Lipinski definition) is 0. The van der Waals surface area contributed by atoms with E-state index in [0.717, 1.165) is 11.1 Å². The monoisotopic (exact) mass is 295 g/mol. The van der Waals surface area contributed by atoms with Gasteiger partial charge in [-0.15, -0.1) is 11.8 Å². The summed E-state index contributed by atoms with van der Waals surface area (Å²) in [7, 11) is 0. The topological polar surface area (TPSA) is 22.0 Å². The van der Waals surface area contributed by atoms with Gasteiger partial charge in [0.05, 0.1) is 6.54 Å². The number of thioether (sulfide) groups is 1. The highest BCUT2D eigenvalue weighted by Crippen LogP contribution is 2.20. The minimum absolute atomic E-state index is 0.140. The predicted molar refractivity (Wildman–Crippen MR) is 89.2 cm³/mol. The molecule has 2 nitrogen and oxygen atoms in total. The van der Waals surface area contributed by atoms with Gasteiger partial charge >= 0.3 is 0 Å². The van der Waals surface area contributed by atoms with Gasteiger partial charge in [0, 0.05) is 27.6 Å². The van der Waals surface area contributed by atoms with Crippen molar-refractivity contribution in [1.82, 2.24) is 4.57 Å². The fraction of sp³-hybridized carbons (Fsp3) is 0.167. The van der Waals surface area contributed by atoms with E-state index in [1.54, 1.807) is 11.8 Å². The molecule has 21 heavy (non-hydrogen) atoms. The first-order valence-corrected chi connectivity index (χ1v) is 8.13. The number of hydrogen-bond acceptors (Lipinski definition) is 2. The Morgan fingerprint density at radius 3 is 2.57 bits per heavy atom. The molecule has 0 radical (unpaired) electrons. The molecule has 106 valence electrons. The van der Waals surface area contributed by atoms with E-state index in [-0.39, 0.29) is 5.78 Å². The normalized spacial score (nSPS) is 11.0.